The molecule has 1 unspecified atom stereocenters. The Labute approximate surface area is 191 Å². The molecule has 1 N–H and O–H groups in total. The Morgan fingerprint density at radius 1 is 1.06 bits per heavy atom. The van der Waals surface area contributed by atoms with Crippen molar-refractivity contribution in [2.45, 2.75) is 30.4 Å². The van der Waals surface area contributed by atoms with E-state index >= 15 is 0 Å². The molecule has 1 atom stereocenters. The summed E-state index contributed by atoms with van der Waals surface area (Å²) in [4.78, 5) is 12.8. The van der Waals surface area contributed by atoms with Crippen LogP contribution in [0.15, 0.2) is 76.5 Å². The van der Waals surface area contributed by atoms with Gasteiger partial charge >= 0.3 is 6.18 Å². The third-order valence-electron chi connectivity index (χ3n) is 4.89. The second kappa shape index (κ2) is 9.14. The molecule has 0 aliphatic rings. The predicted octanol–water partition coefficient (Wildman–Crippen LogP) is 5.97. The van der Waals surface area contributed by atoms with Crippen molar-refractivity contribution in [3.63, 3.8) is 0 Å². The highest BCUT2D eigenvalue weighted by Crippen LogP contribution is 2.36. The minimum absolute atomic E-state index is 0.290. The van der Waals surface area contributed by atoms with E-state index in [4.69, 9.17) is 4.42 Å². The first kappa shape index (κ1) is 22.7. The minimum atomic E-state index is -4.58. The number of carbonyl (C=O) groups excluding carboxylic acids is 1. The maximum atomic E-state index is 13.3. The highest BCUT2D eigenvalue weighted by Gasteiger charge is 2.34. The zero-order valence-electron chi connectivity index (χ0n) is 17.6. The standard InChI is InChI=1S/C23H19F3N4O2S/c1-14-17(12-13-32-14)20-28-29-22(30(20)16-8-4-3-5-9-16)33-15(2)21(31)27-19-11-7-6-10-18(19)23(24,25)26/h3-13,15H,1-2H3,(H,27,31). The van der Waals surface area contributed by atoms with Gasteiger partial charge in [-0.3, -0.25) is 9.36 Å². The van der Waals surface area contributed by atoms with Crippen LogP contribution in [-0.2, 0) is 11.0 Å². The second-order valence-corrected chi connectivity index (χ2v) is 8.47. The highest BCUT2D eigenvalue weighted by molar-refractivity contribution is 8.00. The fourth-order valence-electron chi connectivity index (χ4n) is 3.23. The number of halogens is 3. The van der Waals surface area contributed by atoms with E-state index in [2.05, 4.69) is 15.5 Å². The van der Waals surface area contributed by atoms with Gasteiger partial charge in [-0.1, -0.05) is 42.1 Å². The second-order valence-electron chi connectivity index (χ2n) is 7.16. The zero-order valence-corrected chi connectivity index (χ0v) is 18.4. The van der Waals surface area contributed by atoms with Gasteiger partial charge in [-0.25, -0.2) is 0 Å². The van der Waals surface area contributed by atoms with Gasteiger partial charge in [-0.2, -0.15) is 13.2 Å². The number of benzene rings is 2. The van der Waals surface area contributed by atoms with Crippen molar-refractivity contribution in [3.05, 3.63) is 78.3 Å². The Bertz CT molecular complexity index is 1270. The molecule has 0 saturated heterocycles. The minimum Gasteiger partial charge on any atom is -0.469 e. The number of aryl methyl sites for hydroxylation is 1. The smallest absolute Gasteiger partial charge is 0.418 e. The summed E-state index contributed by atoms with van der Waals surface area (Å²) in [6.07, 6.45) is -3.03. The monoisotopic (exact) mass is 472 g/mol. The molecule has 4 rings (SSSR count). The van der Waals surface area contributed by atoms with Gasteiger partial charge in [0.25, 0.3) is 0 Å². The lowest BCUT2D eigenvalue weighted by atomic mass is 10.1. The molecule has 2 heterocycles. The first-order chi connectivity index (χ1) is 15.8. The number of rotatable bonds is 6. The number of thioether (sulfide) groups is 1. The lowest BCUT2D eigenvalue weighted by Crippen LogP contribution is -2.24. The Morgan fingerprint density at radius 3 is 2.42 bits per heavy atom. The summed E-state index contributed by atoms with van der Waals surface area (Å²) in [6, 6.07) is 16.0. The molecule has 0 radical (unpaired) electrons. The first-order valence-electron chi connectivity index (χ1n) is 9.94. The molecule has 33 heavy (non-hydrogen) atoms. The quantitative estimate of drug-likeness (QED) is 0.350. The van der Waals surface area contributed by atoms with Gasteiger partial charge in [0, 0.05) is 5.69 Å². The van der Waals surface area contributed by atoms with Crippen LogP contribution in [0.5, 0.6) is 0 Å². The zero-order chi connectivity index (χ0) is 23.6. The number of amides is 1. The first-order valence-corrected chi connectivity index (χ1v) is 10.8. The van der Waals surface area contributed by atoms with E-state index < -0.39 is 22.9 Å². The molecule has 6 nitrogen and oxygen atoms in total. The number of furan rings is 1. The van der Waals surface area contributed by atoms with Crippen molar-refractivity contribution >= 4 is 23.4 Å². The molecule has 0 spiro atoms. The fourth-order valence-corrected chi connectivity index (χ4v) is 4.10. The number of nitrogens with zero attached hydrogens (tertiary/aromatic N) is 3. The van der Waals surface area contributed by atoms with Crippen LogP contribution in [-0.4, -0.2) is 25.9 Å². The molecule has 2 aromatic carbocycles. The molecule has 1 amide bonds. The molecule has 2 aromatic heterocycles. The number of anilines is 1. The Morgan fingerprint density at radius 2 is 1.76 bits per heavy atom. The van der Waals surface area contributed by atoms with Gasteiger partial charge < -0.3 is 9.73 Å². The van der Waals surface area contributed by atoms with Crippen LogP contribution in [0.2, 0.25) is 0 Å². The topological polar surface area (TPSA) is 72.9 Å². The van der Waals surface area contributed by atoms with Crippen LogP contribution in [0.4, 0.5) is 18.9 Å². The lowest BCUT2D eigenvalue weighted by Gasteiger charge is -2.16. The molecule has 4 aromatic rings. The van der Waals surface area contributed by atoms with Crippen LogP contribution >= 0.6 is 11.8 Å². The number of nitrogens with one attached hydrogen (secondary N) is 1. The number of para-hydroxylation sites is 2. The van der Waals surface area contributed by atoms with Gasteiger partial charge in [0.1, 0.15) is 5.76 Å². The third-order valence-corrected chi connectivity index (χ3v) is 5.93. The summed E-state index contributed by atoms with van der Waals surface area (Å²) >= 11 is 1.10. The average molecular weight is 472 g/mol. The summed E-state index contributed by atoms with van der Waals surface area (Å²) in [5.41, 5.74) is 0.326. The summed E-state index contributed by atoms with van der Waals surface area (Å²) in [5, 5.41) is 10.6. The molecule has 0 bridgehead atoms. The predicted molar refractivity (Wildman–Crippen MR) is 119 cm³/mol. The normalized spacial score (nSPS) is 12.5. The van der Waals surface area contributed by atoms with Gasteiger partial charge in [0.2, 0.25) is 5.91 Å². The molecule has 170 valence electrons. The van der Waals surface area contributed by atoms with Crippen molar-refractivity contribution in [1.82, 2.24) is 14.8 Å². The van der Waals surface area contributed by atoms with Crippen LogP contribution in [0.25, 0.3) is 17.1 Å². The van der Waals surface area contributed by atoms with Crippen LogP contribution in [0.1, 0.15) is 18.2 Å². The van der Waals surface area contributed by atoms with Crippen molar-refractivity contribution < 1.29 is 22.4 Å². The maximum absolute atomic E-state index is 13.3. The van der Waals surface area contributed by atoms with E-state index in [-0.39, 0.29) is 5.69 Å². The SMILES string of the molecule is Cc1occc1-c1nnc(SC(C)C(=O)Nc2ccccc2C(F)(F)F)n1-c1ccccc1. The Kier molecular flexibility index (Phi) is 6.28. The largest absolute Gasteiger partial charge is 0.469 e. The van der Waals surface area contributed by atoms with Crippen molar-refractivity contribution in [2.24, 2.45) is 0 Å². The van der Waals surface area contributed by atoms with Crippen molar-refractivity contribution in [3.8, 4) is 17.1 Å². The third kappa shape index (κ3) is 4.80. The molecule has 0 aliphatic carbocycles. The Balaban J connectivity index is 1.63. The number of hydrogen-bond donors (Lipinski definition) is 1. The number of aromatic nitrogens is 3. The summed E-state index contributed by atoms with van der Waals surface area (Å²) in [5.74, 6) is 0.607. The summed E-state index contributed by atoms with van der Waals surface area (Å²) < 4.78 is 47.0. The van der Waals surface area contributed by atoms with E-state index in [0.29, 0.717) is 16.7 Å². The number of carbonyl (C=O) groups is 1. The van der Waals surface area contributed by atoms with Gasteiger partial charge in [-0.15, -0.1) is 10.2 Å². The summed E-state index contributed by atoms with van der Waals surface area (Å²) in [7, 11) is 0. The highest BCUT2D eigenvalue weighted by atomic mass is 32.2. The fraction of sp³-hybridized carbons (Fsp3) is 0.174. The lowest BCUT2D eigenvalue weighted by molar-refractivity contribution is -0.137. The molecular weight excluding hydrogens is 453 g/mol. The van der Waals surface area contributed by atoms with Crippen LogP contribution in [0.3, 0.4) is 0 Å². The van der Waals surface area contributed by atoms with E-state index in [1.165, 1.54) is 18.2 Å². The van der Waals surface area contributed by atoms with E-state index in [1.807, 2.05) is 30.3 Å². The Hall–Kier alpha value is -3.53. The van der Waals surface area contributed by atoms with Gasteiger partial charge in [-0.05, 0) is 44.2 Å². The maximum Gasteiger partial charge on any atom is 0.418 e. The number of hydrogen-bond acceptors (Lipinski definition) is 5. The van der Waals surface area contributed by atoms with Crippen molar-refractivity contribution in [1.29, 1.82) is 0 Å². The van der Waals surface area contributed by atoms with E-state index in [0.717, 1.165) is 29.1 Å². The van der Waals surface area contributed by atoms with Crippen LogP contribution < -0.4 is 5.32 Å². The summed E-state index contributed by atoms with van der Waals surface area (Å²) in [6.45, 7) is 3.41. The number of alkyl halides is 3. The van der Waals surface area contributed by atoms with Gasteiger partial charge in [0.15, 0.2) is 11.0 Å². The van der Waals surface area contributed by atoms with E-state index in [1.54, 1.807) is 30.7 Å². The average Bonchev–Trinajstić information content (AvgIpc) is 3.39. The molecule has 0 saturated carbocycles. The van der Waals surface area contributed by atoms with E-state index in [9.17, 15) is 18.0 Å². The molecule has 0 fully saturated rings. The van der Waals surface area contributed by atoms with Crippen molar-refractivity contribution in [2.75, 3.05) is 5.32 Å². The van der Waals surface area contributed by atoms with Gasteiger partial charge in [0.05, 0.1) is 28.3 Å². The van der Waals surface area contributed by atoms with Crippen LogP contribution in [0, 0.1) is 6.92 Å². The molecule has 0 aliphatic heterocycles. The molecular formula is C23H19F3N4O2S. The molecule has 10 heteroatoms.